The molecule has 2 aliphatic carbocycles. The van der Waals surface area contributed by atoms with Crippen LogP contribution in [0.5, 0.6) is 0 Å². The topological polar surface area (TPSA) is 155 Å². The van der Waals surface area contributed by atoms with Gasteiger partial charge >= 0.3 is 11.9 Å². The summed E-state index contributed by atoms with van der Waals surface area (Å²) >= 11 is 3.95. The summed E-state index contributed by atoms with van der Waals surface area (Å²) in [4.78, 5) is 36.1. The quantitative estimate of drug-likeness (QED) is 0.0377. The predicted molar refractivity (Wildman–Crippen MR) is 310 cm³/mol. The molecule has 3 saturated heterocycles. The molecule has 414 valence electrons. The zero-order chi connectivity index (χ0) is 52.4. The molecule has 0 amide bonds. The number of hydrogen-bond acceptors (Lipinski definition) is 13. The van der Waals surface area contributed by atoms with Crippen LogP contribution in [0.1, 0.15) is 196 Å². The summed E-state index contributed by atoms with van der Waals surface area (Å²) in [5.74, 6) is 0.168. The van der Waals surface area contributed by atoms with Crippen LogP contribution >= 0.6 is 85.6 Å². The van der Waals surface area contributed by atoms with Crippen LogP contribution in [0.3, 0.4) is 0 Å². The third-order valence-electron chi connectivity index (χ3n) is 16.8. The number of carbonyl (C=O) groups is 3. The number of alkyl halides is 1. The van der Waals surface area contributed by atoms with Crippen LogP contribution in [0.4, 0.5) is 0 Å². The van der Waals surface area contributed by atoms with E-state index in [1.165, 1.54) is 12.8 Å². The number of aliphatic hydroxyl groups is 1. The van der Waals surface area contributed by atoms with Crippen molar-refractivity contribution in [1.82, 2.24) is 0 Å². The van der Waals surface area contributed by atoms with Gasteiger partial charge in [0.1, 0.15) is 20.8 Å². The van der Waals surface area contributed by atoms with Gasteiger partial charge in [-0.15, -0.1) is 0 Å². The van der Waals surface area contributed by atoms with Crippen LogP contribution in [-0.2, 0) is 56.2 Å². The molecule has 5 fully saturated rings. The monoisotopic (exact) mass is 1220 g/mol. The number of Topliss-reactive ketones (excluding diaryl/α,β-unsaturated/α-hetero) is 1. The highest BCUT2D eigenvalue weighted by Gasteiger charge is 2.56. The molecular formula is C49H93BrO13P8. The van der Waals surface area contributed by atoms with Crippen molar-refractivity contribution in [1.29, 1.82) is 0 Å². The number of aliphatic hydroxyl groups excluding tert-OH is 1. The van der Waals surface area contributed by atoms with Crippen molar-refractivity contribution in [2.75, 3.05) is 13.6 Å². The molecule has 14 unspecified atom stereocenters. The Balaban J connectivity index is 0.000000309. The Morgan fingerprint density at radius 3 is 1.58 bits per heavy atom. The molecule has 3 aliphatic heterocycles. The van der Waals surface area contributed by atoms with Gasteiger partial charge in [0.05, 0.1) is 30.5 Å². The Bertz CT molecular complexity index is 1590. The lowest BCUT2D eigenvalue weighted by Crippen LogP contribution is -2.57. The summed E-state index contributed by atoms with van der Waals surface area (Å²) in [5, 5.41) is 10.8. The van der Waals surface area contributed by atoms with E-state index in [0.717, 1.165) is 103 Å². The predicted octanol–water partition coefficient (Wildman–Crippen LogP) is 14.2. The van der Waals surface area contributed by atoms with Crippen molar-refractivity contribution in [2.45, 2.75) is 243 Å². The fourth-order valence-corrected chi connectivity index (χ4v) is 14.9. The van der Waals surface area contributed by atoms with Gasteiger partial charge in [-0.3, -0.25) is 14.4 Å². The third-order valence-corrected chi connectivity index (χ3v) is 20.6. The van der Waals surface area contributed by atoms with Crippen LogP contribution in [-0.4, -0.2) is 83.3 Å². The first-order chi connectivity index (χ1) is 33.7. The first kappa shape index (κ1) is 65.7. The molecule has 13 nitrogen and oxygen atoms in total. The number of halogens is 1. The van der Waals surface area contributed by atoms with Crippen LogP contribution in [0.15, 0.2) is 0 Å². The van der Waals surface area contributed by atoms with E-state index in [-0.39, 0.29) is 64.8 Å². The maximum Gasteiger partial charge on any atom is 0.309 e. The molecule has 0 aromatic rings. The highest BCUT2D eigenvalue weighted by molar-refractivity contribution is 9.09. The van der Waals surface area contributed by atoms with E-state index in [2.05, 4.69) is 112 Å². The van der Waals surface area contributed by atoms with Crippen molar-refractivity contribution in [3.63, 3.8) is 0 Å². The first-order valence-corrected chi connectivity index (χ1v) is 37.3. The molecule has 5 rings (SSSR count). The Hall–Kier alpha value is 2.21. The molecule has 5 aliphatic rings. The lowest BCUT2D eigenvalue weighted by atomic mass is 9.75. The van der Waals surface area contributed by atoms with Gasteiger partial charge in [0.15, 0.2) is 25.2 Å². The van der Waals surface area contributed by atoms with Crippen molar-refractivity contribution >= 4 is 103 Å². The Morgan fingerprint density at radius 1 is 0.648 bits per heavy atom. The number of unbranched alkanes of at least 4 members (excludes halogenated alkanes) is 7. The number of hydrogen-bond donors (Lipinski definition) is 1. The van der Waals surface area contributed by atoms with E-state index in [4.69, 9.17) is 41.8 Å². The highest BCUT2D eigenvalue weighted by atomic mass is 79.9. The third kappa shape index (κ3) is 19.8. The summed E-state index contributed by atoms with van der Waals surface area (Å²) < 4.78 is 52.4. The number of carbonyl (C=O) groups excluding carboxylic acids is 3. The Kier molecular flexibility index (Phi) is 30.0. The van der Waals surface area contributed by atoms with Gasteiger partial charge in [-0.2, -0.15) is 0 Å². The maximum absolute atomic E-state index is 12.5. The normalized spacial score (nSPS) is 28.2. The largest absolute Gasteiger partial charge is 0.437 e. The molecular weight excluding hydrogens is 1120 g/mol. The standard InChI is InChI=1S/C25H47BrO6P4.C24H46O7P4/c1-4-24(2,3)25(28-16-29-25)13-12-17-18-14-22(30-20(18)15-21(17)31-33)19(26)10-8-6-5-7-9-11-23(27)32-36(34)35;1-4-23(2,3)24(28-16-29-24)14-13-19-18(20(26)15-21(19)30-32)12-11-17(25)9-7-5-6-8-10-22(27)31-35(33)34/h17-22H,4-16,33-35H2,1-3H3;18-21,26H,4-16,32-34H2,1-3H3/t17-,18?,19?,20?,21?,22?;18?,19-,20?,21?/m11/s1. The van der Waals surface area contributed by atoms with Gasteiger partial charge in [-0.25, -0.2) is 0 Å². The second kappa shape index (κ2) is 32.5. The van der Waals surface area contributed by atoms with E-state index in [9.17, 15) is 19.5 Å². The van der Waals surface area contributed by atoms with E-state index in [0.29, 0.717) is 68.8 Å². The molecule has 0 bridgehead atoms. The van der Waals surface area contributed by atoms with Crippen molar-refractivity contribution in [2.24, 2.45) is 34.5 Å². The van der Waals surface area contributed by atoms with Crippen LogP contribution in [0.2, 0.25) is 0 Å². The zero-order valence-electron chi connectivity index (χ0n) is 43.7. The summed E-state index contributed by atoms with van der Waals surface area (Å²) in [6, 6.07) is 0. The molecule has 0 aromatic carbocycles. The summed E-state index contributed by atoms with van der Waals surface area (Å²) in [7, 11) is 13.3. The molecule has 0 aromatic heterocycles. The molecule has 0 spiro atoms. The van der Waals surface area contributed by atoms with Gasteiger partial charge in [0, 0.05) is 86.0 Å². The van der Waals surface area contributed by atoms with Crippen LogP contribution < -0.4 is 0 Å². The summed E-state index contributed by atoms with van der Waals surface area (Å²) in [6.07, 6.45) is 21.3. The zero-order valence-corrected chi connectivity index (χ0v) is 54.0. The van der Waals surface area contributed by atoms with Gasteiger partial charge < -0.3 is 46.9 Å². The molecule has 0 radical (unpaired) electrons. The second-order valence-electron chi connectivity index (χ2n) is 21.8. The lowest BCUT2D eigenvalue weighted by Gasteiger charge is -2.52. The Labute approximate surface area is 452 Å². The maximum atomic E-state index is 12.5. The van der Waals surface area contributed by atoms with Crippen molar-refractivity contribution < 1.29 is 61.3 Å². The minimum absolute atomic E-state index is 0.00727. The first-order valence-electron chi connectivity index (χ1n) is 26.4. The molecule has 22 heteroatoms. The van der Waals surface area contributed by atoms with Crippen LogP contribution in [0, 0.1) is 34.5 Å². The fourth-order valence-electron chi connectivity index (χ4n) is 11.5. The van der Waals surface area contributed by atoms with Gasteiger partial charge in [0.2, 0.25) is 0 Å². The second-order valence-corrected chi connectivity index (χ2v) is 35.0. The highest BCUT2D eigenvalue weighted by Crippen LogP contribution is 2.55. The number of ketones is 1. The summed E-state index contributed by atoms with van der Waals surface area (Å²) in [6.45, 7) is 13.9. The van der Waals surface area contributed by atoms with Gasteiger partial charge in [-0.1, -0.05) is 132 Å². The molecule has 71 heavy (non-hydrogen) atoms. The van der Waals surface area contributed by atoms with E-state index in [1.54, 1.807) is 0 Å². The smallest absolute Gasteiger partial charge is 0.309 e. The van der Waals surface area contributed by atoms with Crippen molar-refractivity contribution in [3.05, 3.63) is 0 Å². The Morgan fingerprint density at radius 2 is 1.11 bits per heavy atom. The lowest BCUT2D eigenvalue weighted by molar-refractivity contribution is -0.439. The average Bonchev–Trinajstić information content (AvgIpc) is 3.95. The summed E-state index contributed by atoms with van der Waals surface area (Å²) in [5.41, 5.74) is -0.106. The van der Waals surface area contributed by atoms with E-state index < -0.39 is 32.7 Å². The number of rotatable bonds is 33. The average molecular weight is 1220 g/mol. The van der Waals surface area contributed by atoms with E-state index >= 15 is 0 Å². The van der Waals surface area contributed by atoms with Crippen molar-refractivity contribution in [3.8, 4) is 0 Å². The van der Waals surface area contributed by atoms with E-state index in [1.807, 2.05) is 0 Å². The number of fused-ring (bicyclic) bond motifs is 1. The SMILES string of the molecule is CCC(C)(C)C1(CC[C@H]2C(OP)CC(O)C2CCC(=O)CCCCCCC(=O)OP(P)P)OCO1.CCC(C)(C)C1(CC[C@H]2C(OP)CC3OC(C(Br)CCCCCCCC(=O)OP(P)P)CC32)OCO1. The van der Waals surface area contributed by atoms with Gasteiger partial charge in [-0.05, 0) is 87.9 Å². The molecule has 2 saturated carbocycles. The molecule has 1 N–H and O–H groups in total. The molecule has 16 atom stereocenters. The fraction of sp³-hybridized carbons (Fsp3) is 0.939. The minimum atomic E-state index is -0.808. The molecule has 3 heterocycles. The number of ether oxygens (including phenoxy) is 5. The minimum Gasteiger partial charge on any atom is -0.437 e. The van der Waals surface area contributed by atoms with Crippen LogP contribution in [0.25, 0.3) is 0 Å². The van der Waals surface area contributed by atoms with Gasteiger partial charge in [0.25, 0.3) is 0 Å².